The van der Waals surface area contributed by atoms with Crippen molar-refractivity contribution in [3.8, 4) is 0 Å². The standard InChI is InChI=1S/C99H190N2O45/c1-90(2)99(4,100-5)14-13-92(103)12-10-15-108-17-18-109-19-20-110-21-22-111-23-24-112-25-26-113-27-28-114-29-30-115-31-32-116-33-34-117-35-36-118-37-38-119-39-40-120-41-42-121-43-44-122-45-46-123-47-48-124-49-50-125-51-52-126-53-54-127-55-56-128-57-58-129-59-60-130-61-62-131-63-64-132-65-66-133-67-68-134-69-70-135-71-72-136-73-74-137-75-76-138-77-78-139-79-80-140-81-82-141-83-84-142-85-86-143-87-88-144-89-93(104)11-8-6-7-9-16-145-98-94(101-91(3)102)95(105)96(106)97(107)146-98/h90,94-98,105-107H,6-89H2,1-4H3,(H,101,102)/t94-,95-,96-,97+,98-,99?/m1/s1. The summed E-state index contributed by atoms with van der Waals surface area (Å²) >= 11 is 0. The van der Waals surface area contributed by atoms with Gasteiger partial charge in [-0.15, -0.1) is 0 Å². The number of ketones is 2. The summed E-state index contributed by atoms with van der Waals surface area (Å²) in [5, 5.41) is 32.3. The molecule has 1 heterocycles. The van der Waals surface area contributed by atoms with Gasteiger partial charge in [0.25, 0.3) is 0 Å². The average molecular weight is 2130 g/mol. The van der Waals surface area contributed by atoms with Crippen molar-refractivity contribution in [1.82, 2.24) is 5.32 Å². The highest BCUT2D eigenvalue weighted by molar-refractivity contribution is 5.79. The van der Waals surface area contributed by atoms with E-state index in [0.29, 0.717) is 527 Å². The topological polar surface area (TPSA) is 488 Å². The van der Waals surface area contributed by atoms with E-state index in [9.17, 15) is 29.7 Å². The molecule has 1 aliphatic heterocycles. The molecule has 47 nitrogen and oxygen atoms in total. The van der Waals surface area contributed by atoms with Crippen molar-refractivity contribution >= 4 is 17.5 Å². The largest absolute Gasteiger partial charge is 0.388 e. The Balaban J connectivity index is 1.60. The molecule has 0 spiro atoms. The summed E-state index contributed by atoms with van der Waals surface area (Å²) in [6, 6.07) is -1.02. The number of aliphatic hydroxyl groups is 3. The van der Waals surface area contributed by atoms with E-state index in [2.05, 4.69) is 10.2 Å². The molecule has 0 aromatic heterocycles. The Morgan fingerprint density at radius 2 is 0.438 bits per heavy atom. The highest BCUT2D eigenvalue weighted by atomic mass is 16.7. The fourth-order valence-corrected chi connectivity index (χ4v) is 11.9. The summed E-state index contributed by atoms with van der Waals surface area (Å²) in [6.07, 6.45) is -0.283. The maximum Gasteiger partial charge on any atom is 0.232 e. The second-order valence-corrected chi connectivity index (χ2v) is 32.5. The molecule has 1 aliphatic rings. The lowest BCUT2D eigenvalue weighted by Crippen LogP contribution is -2.63. The van der Waals surface area contributed by atoms with Crippen molar-refractivity contribution in [3.05, 3.63) is 11.4 Å². The van der Waals surface area contributed by atoms with Gasteiger partial charge < -0.3 is 210 Å². The van der Waals surface area contributed by atoms with Crippen molar-refractivity contribution in [2.75, 3.05) is 496 Å². The Labute approximate surface area is 868 Å². The number of hydrogen-bond acceptors (Lipinski definition) is 45. The molecular weight excluding hydrogens is 1940 g/mol. The predicted molar refractivity (Wildman–Crippen MR) is 528 cm³/mol. The molecule has 47 heteroatoms. The van der Waals surface area contributed by atoms with Gasteiger partial charge in [-0.2, -0.15) is 0 Å². The van der Waals surface area contributed by atoms with Crippen LogP contribution in [0.25, 0.3) is 4.85 Å². The number of Topliss-reactive ketones (excluding diaryl/α,β-unsaturated/α-hetero) is 2. The first-order chi connectivity index (χ1) is 71.9. The highest BCUT2D eigenvalue weighted by Crippen LogP contribution is 2.28. The van der Waals surface area contributed by atoms with Crippen LogP contribution in [0.4, 0.5) is 0 Å². The second-order valence-electron chi connectivity index (χ2n) is 32.5. The number of hydrogen-bond donors (Lipinski definition) is 4. The lowest BCUT2D eigenvalue weighted by Gasteiger charge is -2.40. The van der Waals surface area contributed by atoms with E-state index < -0.39 is 42.3 Å². The third-order valence-electron chi connectivity index (χ3n) is 20.4. The summed E-state index contributed by atoms with van der Waals surface area (Å²) in [5.41, 5.74) is -0.476. The monoisotopic (exact) mass is 2130 g/mol. The lowest BCUT2D eigenvalue weighted by atomic mass is 9.84. The molecule has 0 aliphatic carbocycles. The first-order valence-electron chi connectivity index (χ1n) is 52.3. The molecule has 146 heavy (non-hydrogen) atoms. The van der Waals surface area contributed by atoms with Crippen molar-refractivity contribution < 1.29 is 214 Å². The van der Waals surface area contributed by atoms with E-state index in [-0.39, 0.29) is 30.7 Å². The fourth-order valence-electron chi connectivity index (χ4n) is 11.9. The van der Waals surface area contributed by atoms with Crippen molar-refractivity contribution in [2.24, 2.45) is 5.92 Å². The molecule has 0 saturated carbocycles. The maximum absolute atomic E-state index is 12.2. The third kappa shape index (κ3) is 105. The smallest absolute Gasteiger partial charge is 0.232 e. The highest BCUT2D eigenvalue weighted by Gasteiger charge is 2.45. The van der Waals surface area contributed by atoms with Crippen molar-refractivity contribution in [3.63, 3.8) is 0 Å². The fraction of sp³-hybridized carbons (Fsp3) is 0.960. The van der Waals surface area contributed by atoms with Gasteiger partial charge in [-0.3, -0.25) is 14.4 Å². The lowest BCUT2D eigenvalue weighted by molar-refractivity contribution is -0.315. The summed E-state index contributed by atoms with van der Waals surface area (Å²) in [6.45, 7) is 48.5. The second kappa shape index (κ2) is 117. The Morgan fingerprint density at radius 3 is 0.630 bits per heavy atom. The summed E-state index contributed by atoms with van der Waals surface area (Å²) in [5.74, 6) is -0.0274. The normalized spacial score (nSPS) is 15.4. The molecule has 0 aromatic rings. The minimum absolute atomic E-state index is 0.00639. The number of amides is 1. The van der Waals surface area contributed by atoms with Crippen LogP contribution in [0.15, 0.2) is 0 Å². The molecule has 0 radical (unpaired) electrons. The first kappa shape index (κ1) is 141. The van der Waals surface area contributed by atoms with Gasteiger partial charge in [0, 0.05) is 58.7 Å². The van der Waals surface area contributed by atoms with Gasteiger partial charge in [-0.05, 0) is 19.3 Å². The van der Waals surface area contributed by atoms with Crippen LogP contribution < -0.4 is 5.32 Å². The first-order valence-corrected chi connectivity index (χ1v) is 52.3. The van der Waals surface area contributed by atoms with Crippen molar-refractivity contribution in [1.29, 1.82) is 0 Å². The van der Waals surface area contributed by atoms with Crippen LogP contribution in [-0.4, -0.2) is 565 Å². The van der Waals surface area contributed by atoms with Gasteiger partial charge in [0.2, 0.25) is 11.4 Å². The van der Waals surface area contributed by atoms with E-state index >= 15 is 0 Å². The molecule has 1 saturated heterocycles. The zero-order chi connectivity index (χ0) is 105. The molecule has 1 fully saturated rings. The number of nitrogens with one attached hydrogen (secondary N) is 1. The Hall–Kier alpha value is -3.38. The number of aliphatic hydroxyl groups excluding tert-OH is 3. The number of carbonyl (C=O) groups is 3. The van der Waals surface area contributed by atoms with Crippen LogP contribution in [0.2, 0.25) is 0 Å². The number of carbonyl (C=O) groups excluding carboxylic acids is 3. The summed E-state index contributed by atoms with van der Waals surface area (Å²) in [4.78, 5) is 39.5. The van der Waals surface area contributed by atoms with Crippen LogP contribution in [0.5, 0.6) is 0 Å². The van der Waals surface area contributed by atoms with E-state index in [1.165, 1.54) is 6.92 Å². The van der Waals surface area contributed by atoms with Crippen molar-refractivity contribution in [2.45, 2.75) is 122 Å². The molecule has 6 atom stereocenters. The number of ether oxygens (including phenoxy) is 39. The van der Waals surface area contributed by atoms with Crippen LogP contribution in [0.1, 0.15) is 85.5 Å². The zero-order valence-electron chi connectivity index (χ0n) is 88.8. The van der Waals surface area contributed by atoms with E-state index in [1.54, 1.807) is 0 Å². The molecule has 866 valence electrons. The van der Waals surface area contributed by atoms with E-state index in [4.69, 9.17) is 191 Å². The van der Waals surface area contributed by atoms with E-state index in [1.807, 2.05) is 20.8 Å². The molecule has 0 bridgehead atoms. The zero-order valence-corrected chi connectivity index (χ0v) is 88.8. The number of nitrogens with zero attached hydrogens (tertiary/aromatic N) is 1. The minimum atomic E-state index is -1.64. The molecule has 4 N–H and O–H groups in total. The van der Waals surface area contributed by atoms with Gasteiger partial charge in [0.15, 0.2) is 18.4 Å². The van der Waals surface area contributed by atoms with Crippen LogP contribution >= 0.6 is 0 Å². The maximum atomic E-state index is 12.2. The molecule has 1 amide bonds. The van der Waals surface area contributed by atoms with Gasteiger partial charge in [-0.1, -0.05) is 26.7 Å². The third-order valence-corrected chi connectivity index (χ3v) is 20.4. The predicted octanol–water partition coefficient (Wildman–Crippen LogP) is 2.50. The number of unbranched alkanes of at least 4 members (excludes halogenated alkanes) is 3. The molecular formula is C99H190N2O45. The number of rotatable bonds is 127. The SMILES string of the molecule is [C-]#[N+]C(C)(CCC(=O)CCCOCCOCCOCCOCCOCCOCCOCCOCCOCCOCCOCCOCCOCCOCCOCCOCCOCCOCCOCCOCCOCCOCCOCCOCCOCCOCCOCCOCCOCCOCCOCCOCCOCCOCCOCCOCCOCC(=O)CCCCCCO[C@@H]1O[C@H](O)[C@H](O)[C@H](O)[C@H]1NC(C)=O)C(C)C. The average Bonchev–Trinajstić information content (AvgIpc) is 0.811. The molecule has 0 aromatic carbocycles. The van der Waals surface area contributed by atoms with Gasteiger partial charge in [-0.25, -0.2) is 6.57 Å². The minimum Gasteiger partial charge on any atom is -0.388 e. The Morgan fingerprint density at radius 1 is 0.253 bits per heavy atom. The quantitative estimate of drug-likeness (QED) is 0.0502. The Bertz CT molecular complexity index is 2620. The molecule has 1 unspecified atom stereocenters. The molecule has 1 rings (SSSR count). The summed E-state index contributed by atoms with van der Waals surface area (Å²) < 4.78 is 216. The van der Waals surface area contributed by atoms with Gasteiger partial charge in [0.1, 0.15) is 30.6 Å². The van der Waals surface area contributed by atoms with Crippen LogP contribution in [0.3, 0.4) is 0 Å². The van der Waals surface area contributed by atoms with Gasteiger partial charge >= 0.3 is 0 Å². The van der Waals surface area contributed by atoms with E-state index in [0.717, 1.165) is 12.8 Å². The van der Waals surface area contributed by atoms with Gasteiger partial charge in [0.05, 0.1) is 476 Å². The summed E-state index contributed by atoms with van der Waals surface area (Å²) in [7, 11) is 0. The van der Waals surface area contributed by atoms with Crippen LogP contribution in [0, 0.1) is 12.5 Å². The van der Waals surface area contributed by atoms with Crippen LogP contribution in [-0.2, 0) is 199 Å². The Kier molecular flexibility index (Phi) is 113.